The monoisotopic (exact) mass is 387 g/mol. The van der Waals surface area contributed by atoms with Gasteiger partial charge in [-0.3, -0.25) is 0 Å². The molecule has 0 aliphatic heterocycles. The molecule has 2 aromatic rings. The maximum atomic E-state index is 12.6. The topological polar surface area (TPSA) is 66.4 Å². The Bertz CT molecular complexity index is 868. The molecule has 0 fully saturated rings. The summed E-state index contributed by atoms with van der Waals surface area (Å²) in [5, 5.41) is 10.1. The maximum absolute atomic E-state index is 12.6. The van der Waals surface area contributed by atoms with E-state index in [0.29, 0.717) is 11.1 Å². The number of aryl methyl sites for hydroxylation is 3. The Labute approximate surface area is 150 Å². The van der Waals surface area contributed by atoms with Crippen LogP contribution in [-0.4, -0.2) is 20.1 Å². The number of halogens is 3. The third-order valence-corrected chi connectivity index (χ3v) is 5.69. The van der Waals surface area contributed by atoms with Crippen molar-refractivity contribution in [1.82, 2.24) is 4.72 Å². The first-order valence-electron chi connectivity index (χ1n) is 7.84. The average molecular weight is 387 g/mol. The van der Waals surface area contributed by atoms with Gasteiger partial charge in [0.15, 0.2) is 0 Å². The lowest BCUT2D eigenvalue weighted by Crippen LogP contribution is -2.29. The van der Waals surface area contributed by atoms with Gasteiger partial charge in [-0.2, -0.15) is 13.2 Å². The second kappa shape index (κ2) is 7.38. The van der Waals surface area contributed by atoms with Crippen LogP contribution in [0.5, 0.6) is 0 Å². The summed E-state index contributed by atoms with van der Waals surface area (Å²) >= 11 is 0. The van der Waals surface area contributed by atoms with Gasteiger partial charge in [-0.1, -0.05) is 29.8 Å². The minimum Gasteiger partial charge on any atom is -0.387 e. The molecule has 0 heterocycles. The highest BCUT2D eigenvalue weighted by Crippen LogP contribution is 2.30. The Morgan fingerprint density at radius 3 is 2.00 bits per heavy atom. The molecule has 2 N–H and O–H groups in total. The van der Waals surface area contributed by atoms with E-state index in [2.05, 4.69) is 4.72 Å². The Morgan fingerprint density at radius 2 is 1.54 bits per heavy atom. The van der Waals surface area contributed by atoms with E-state index in [9.17, 15) is 26.7 Å². The number of benzene rings is 2. The molecule has 0 saturated carbocycles. The van der Waals surface area contributed by atoms with Gasteiger partial charge in [0, 0.05) is 6.54 Å². The fourth-order valence-corrected chi connectivity index (χ4v) is 4.35. The molecule has 8 heteroatoms. The van der Waals surface area contributed by atoms with E-state index in [0.717, 1.165) is 29.8 Å². The first-order chi connectivity index (χ1) is 11.9. The van der Waals surface area contributed by atoms with E-state index in [4.69, 9.17) is 0 Å². The standard InChI is InChI=1S/C18H20F3NO3S/c1-11-8-12(2)17(13(3)9-11)26(24,25)22-10-16(23)14-4-6-15(7-5-14)18(19,20)21/h4-9,16,22-23H,10H2,1-3H3. The van der Waals surface area contributed by atoms with Gasteiger partial charge in [-0.25, -0.2) is 13.1 Å². The molecule has 26 heavy (non-hydrogen) atoms. The molecule has 1 atom stereocenters. The summed E-state index contributed by atoms with van der Waals surface area (Å²) in [5.74, 6) is 0. The molecule has 1 unspecified atom stereocenters. The van der Waals surface area contributed by atoms with Crippen molar-refractivity contribution < 1.29 is 26.7 Å². The second-order valence-electron chi connectivity index (χ2n) is 6.22. The number of hydrogen-bond acceptors (Lipinski definition) is 3. The number of sulfonamides is 1. The molecule has 142 valence electrons. The smallest absolute Gasteiger partial charge is 0.387 e. The van der Waals surface area contributed by atoms with Crippen molar-refractivity contribution in [3.63, 3.8) is 0 Å². The van der Waals surface area contributed by atoms with Crippen LogP contribution in [0.3, 0.4) is 0 Å². The van der Waals surface area contributed by atoms with E-state index in [1.54, 1.807) is 26.0 Å². The van der Waals surface area contributed by atoms with E-state index < -0.39 is 27.9 Å². The zero-order valence-corrected chi connectivity index (χ0v) is 15.4. The average Bonchev–Trinajstić information content (AvgIpc) is 2.50. The zero-order valence-electron chi connectivity index (χ0n) is 14.6. The van der Waals surface area contributed by atoms with E-state index in [1.807, 2.05) is 6.92 Å². The molecule has 0 aliphatic rings. The predicted octanol–water partition coefficient (Wildman–Crippen LogP) is 3.64. The number of hydrogen-bond donors (Lipinski definition) is 2. The number of rotatable bonds is 5. The van der Waals surface area contributed by atoms with Crippen LogP contribution < -0.4 is 4.72 Å². The zero-order chi connectivity index (χ0) is 19.7. The van der Waals surface area contributed by atoms with Crippen molar-refractivity contribution in [2.24, 2.45) is 0 Å². The van der Waals surface area contributed by atoms with Crippen LogP contribution >= 0.6 is 0 Å². The van der Waals surface area contributed by atoms with Gasteiger partial charge >= 0.3 is 6.18 Å². The first kappa shape index (κ1) is 20.4. The third kappa shape index (κ3) is 4.63. The maximum Gasteiger partial charge on any atom is 0.416 e. The van der Waals surface area contributed by atoms with Gasteiger partial charge < -0.3 is 5.11 Å². The van der Waals surface area contributed by atoms with Crippen molar-refractivity contribution in [2.75, 3.05) is 6.54 Å². The largest absolute Gasteiger partial charge is 0.416 e. The Morgan fingerprint density at radius 1 is 1.04 bits per heavy atom. The molecule has 0 spiro atoms. The molecule has 2 aromatic carbocycles. The highest BCUT2D eigenvalue weighted by Gasteiger charge is 2.30. The van der Waals surface area contributed by atoms with Crippen LogP contribution in [0, 0.1) is 20.8 Å². The number of aliphatic hydroxyl groups excluding tert-OH is 1. The SMILES string of the molecule is Cc1cc(C)c(S(=O)(=O)NCC(O)c2ccc(C(F)(F)F)cc2)c(C)c1. The summed E-state index contributed by atoms with van der Waals surface area (Å²) in [7, 11) is -3.86. The molecular formula is C18H20F3NO3S. The summed E-state index contributed by atoms with van der Waals surface area (Å²) in [6.45, 7) is 4.88. The minimum atomic E-state index is -4.47. The fourth-order valence-electron chi connectivity index (χ4n) is 2.86. The molecule has 0 aromatic heterocycles. The fraction of sp³-hybridized carbons (Fsp3) is 0.333. The van der Waals surface area contributed by atoms with Crippen molar-refractivity contribution >= 4 is 10.0 Å². The summed E-state index contributed by atoms with van der Waals surface area (Å²) in [6.07, 6.45) is -5.73. The third-order valence-electron chi connectivity index (χ3n) is 3.96. The summed E-state index contributed by atoms with van der Waals surface area (Å²) in [4.78, 5) is 0.141. The van der Waals surface area contributed by atoms with Crippen molar-refractivity contribution in [2.45, 2.75) is 37.9 Å². The van der Waals surface area contributed by atoms with Crippen LogP contribution in [-0.2, 0) is 16.2 Å². The summed E-state index contributed by atoms with van der Waals surface area (Å²) in [6, 6.07) is 7.44. The molecule has 2 rings (SSSR count). The molecular weight excluding hydrogens is 367 g/mol. The van der Waals surface area contributed by atoms with Crippen LogP contribution in [0.25, 0.3) is 0 Å². The van der Waals surface area contributed by atoms with E-state index in [1.165, 1.54) is 0 Å². The minimum absolute atomic E-state index is 0.141. The lowest BCUT2D eigenvalue weighted by molar-refractivity contribution is -0.137. The Kier molecular flexibility index (Phi) is 5.79. The van der Waals surface area contributed by atoms with E-state index >= 15 is 0 Å². The van der Waals surface area contributed by atoms with Crippen LogP contribution in [0.2, 0.25) is 0 Å². The molecule has 0 amide bonds. The highest BCUT2D eigenvalue weighted by molar-refractivity contribution is 7.89. The summed E-state index contributed by atoms with van der Waals surface area (Å²) in [5.41, 5.74) is 1.46. The predicted molar refractivity (Wildman–Crippen MR) is 92.2 cm³/mol. The number of nitrogens with one attached hydrogen (secondary N) is 1. The van der Waals surface area contributed by atoms with Gasteiger partial charge in [0.1, 0.15) is 0 Å². The second-order valence-corrected chi connectivity index (χ2v) is 7.92. The summed E-state index contributed by atoms with van der Waals surface area (Å²) < 4.78 is 65.1. The number of alkyl halides is 3. The number of aliphatic hydroxyl groups is 1. The van der Waals surface area contributed by atoms with Gasteiger partial charge in [0.2, 0.25) is 10.0 Å². The molecule has 0 bridgehead atoms. The molecule has 0 radical (unpaired) electrons. The van der Waals surface area contributed by atoms with Gasteiger partial charge in [-0.15, -0.1) is 0 Å². The van der Waals surface area contributed by atoms with Crippen LogP contribution in [0.1, 0.15) is 33.9 Å². The molecule has 0 aliphatic carbocycles. The normalized spacial score (nSPS) is 13.7. The van der Waals surface area contributed by atoms with Crippen molar-refractivity contribution in [3.8, 4) is 0 Å². The lowest BCUT2D eigenvalue weighted by Gasteiger charge is -2.16. The van der Waals surface area contributed by atoms with Gasteiger partial charge in [-0.05, 0) is 49.6 Å². The van der Waals surface area contributed by atoms with Crippen molar-refractivity contribution in [1.29, 1.82) is 0 Å². The highest BCUT2D eigenvalue weighted by atomic mass is 32.2. The Balaban J connectivity index is 2.15. The van der Waals surface area contributed by atoms with Crippen LogP contribution in [0.4, 0.5) is 13.2 Å². The van der Waals surface area contributed by atoms with Gasteiger partial charge in [0.05, 0.1) is 16.6 Å². The van der Waals surface area contributed by atoms with Crippen molar-refractivity contribution in [3.05, 3.63) is 64.2 Å². The first-order valence-corrected chi connectivity index (χ1v) is 9.33. The Hall–Kier alpha value is -1.90. The van der Waals surface area contributed by atoms with Gasteiger partial charge in [0.25, 0.3) is 0 Å². The lowest BCUT2D eigenvalue weighted by atomic mass is 10.1. The van der Waals surface area contributed by atoms with E-state index in [-0.39, 0.29) is 17.0 Å². The molecule has 4 nitrogen and oxygen atoms in total. The van der Waals surface area contributed by atoms with Crippen LogP contribution in [0.15, 0.2) is 41.3 Å². The molecule has 0 saturated heterocycles. The quantitative estimate of drug-likeness (QED) is 0.823.